The van der Waals surface area contributed by atoms with Crippen molar-refractivity contribution in [3.05, 3.63) is 18.6 Å². The summed E-state index contributed by atoms with van der Waals surface area (Å²) in [6.07, 6.45) is 14.9. The van der Waals surface area contributed by atoms with E-state index in [1.165, 1.54) is 38.5 Å². The van der Waals surface area contributed by atoms with Crippen LogP contribution in [0.3, 0.4) is 0 Å². The second-order valence-electron chi connectivity index (χ2n) is 9.98. The molecule has 0 bridgehead atoms. The predicted molar refractivity (Wildman–Crippen MR) is 136 cm³/mol. The van der Waals surface area contributed by atoms with Crippen LogP contribution in [0, 0.1) is 0 Å². The van der Waals surface area contributed by atoms with Crippen LogP contribution in [-0.2, 0) is 9.47 Å². The Morgan fingerprint density at radius 1 is 0.941 bits per heavy atom. The second-order valence-corrected chi connectivity index (χ2v) is 9.98. The van der Waals surface area contributed by atoms with Crippen LogP contribution in [0.1, 0.15) is 57.8 Å². The second kappa shape index (κ2) is 12.1. The first-order valence-electron chi connectivity index (χ1n) is 13.4. The molecule has 0 amide bonds. The van der Waals surface area contributed by atoms with Crippen molar-refractivity contribution in [2.45, 2.75) is 69.9 Å². The van der Waals surface area contributed by atoms with Gasteiger partial charge in [0, 0.05) is 50.8 Å². The lowest BCUT2D eigenvalue weighted by Gasteiger charge is -2.33. The van der Waals surface area contributed by atoms with Crippen LogP contribution in [-0.4, -0.2) is 84.5 Å². The molecule has 1 saturated carbocycles. The highest BCUT2D eigenvalue weighted by molar-refractivity contribution is 5.90. The van der Waals surface area contributed by atoms with E-state index in [-0.39, 0.29) is 0 Å². The topological polar surface area (TPSA) is 75.6 Å². The first-order chi connectivity index (χ1) is 16.8. The summed E-state index contributed by atoms with van der Waals surface area (Å²) < 4.78 is 11.6. The number of ether oxygens (including phenoxy) is 2. The maximum absolute atomic E-state index is 6.21. The van der Waals surface area contributed by atoms with Gasteiger partial charge in [-0.15, -0.1) is 0 Å². The maximum Gasteiger partial charge on any atom is 0.137 e. The first-order valence-corrected chi connectivity index (χ1v) is 13.4. The number of morpholine rings is 1. The summed E-state index contributed by atoms with van der Waals surface area (Å²) in [4.78, 5) is 18.7. The Hall–Kier alpha value is -2.03. The number of piperidine rings is 1. The van der Waals surface area contributed by atoms with Crippen molar-refractivity contribution in [2.24, 2.45) is 0 Å². The number of rotatable bonds is 8. The van der Waals surface area contributed by atoms with Gasteiger partial charge in [0.25, 0.3) is 0 Å². The minimum Gasteiger partial charge on any atom is -0.379 e. The molecule has 0 spiro atoms. The number of aromatic nitrogens is 3. The molecule has 4 heterocycles. The third-order valence-electron chi connectivity index (χ3n) is 7.55. The van der Waals surface area contributed by atoms with E-state index >= 15 is 0 Å². The highest BCUT2D eigenvalue weighted by Crippen LogP contribution is 2.28. The summed E-state index contributed by atoms with van der Waals surface area (Å²) >= 11 is 0. The molecule has 3 aliphatic rings. The molecular formula is C26H40N6O2. The molecule has 34 heavy (non-hydrogen) atoms. The van der Waals surface area contributed by atoms with Crippen LogP contribution < -0.4 is 10.2 Å². The summed E-state index contributed by atoms with van der Waals surface area (Å²) in [6.45, 7) is 7.77. The third-order valence-corrected chi connectivity index (χ3v) is 7.55. The molecule has 2 aliphatic heterocycles. The van der Waals surface area contributed by atoms with Crippen LogP contribution in [0.4, 0.5) is 11.6 Å². The summed E-state index contributed by atoms with van der Waals surface area (Å²) in [6, 6.07) is 2.69. The molecule has 1 N–H and O–H groups in total. The van der Waals surface area contributed by atoms with Gasteiger partial charge in [-0.1, -0.05) is 25.7 Å². The molecule has 5 rings (SSSR count). The SMILES string of the molecule is c1nc(NC2CCCCCC2)c2cc(N3CCC(OCCCN4CCOCC4)CC3)ncc2n1. The Morgan fingerprint density at radius 2 is 1.74 bits per heavy atom. The van der Waals surface area contributed by atoms with Crippen molar-refractivity contribution < 1.29 is 9.47 Å². The van der Waals surface area contributed by atoms with Gasteiger partial charge in [0.2, 0.25) is 0 Å². The average Bonchev–Trinajstić information content (AvgIpc) is 3.16. The average molecular weight is 469 g/mol. The summed E-state index contributed by atoms with van der Waals surface area (Å²) in [5, 5.41) is 4.81. The number of pyridine rings is 1. The molecule has 2 aromatic heterocycles. The minimum absolute atomic E-state index is 0.359. The smallest absolute Gasteiger partial charge is 0.137 e. The van der Waals surface area contributed by atoms with Crippen molar-refractivity contribution in [3.63, 3.8) is 0 Å². The first kappa shape index (κ1) is 23.7. The van der Waals surface area contributed by atoms with Gasteiger partial charge in [-0.05, 0) is 38.2 Å². The van der Waals surface area contributed by atoms with Gasteiger partial charge in [-0.3, -0.25) is 4.90 Å². The van der Waals surface area contributed by atoms with Crippen LogP contribution in [0.5, 0.6) is 0 Å². The largest absolute Gasteiger partial charge is 0.379 e. The molecule has 0 radical (unpaired) electrons. The molecule has 8 nitrogen and oxygen atoms in total. The van der Waals surface area contributed by atoms with Crippen molar-refractivity contribution in [1.29, 1.82) is 0 Å². The number of anilines is 2. The van der Waals surface area contributed by atoms with E-state index in [0.29, 0.717) is 12.1 Å². The summed E-state index contributed by atoms with van der Waals surface area (Å²) in [5.74, 6) is 1.98. The Morgan fingerprint density at radius 3 is 2.53 bits per heavy atom. The van der Waals surface area contributed by atoms with Crippen LogP contribution in [0.15, 0.2) is 18.6 Å². The van der Waals surface area contributed by atoms with Crippen LogP contribution in [0.2, 0.25) is 0 Å². The molecule has 3 fully saturated rings. The number of hydrogen-bond donors (Lipinski definition) is 1. The Kier molecular flexibility index (Phi) is 8.43. The predicted octanol–water partition coefficient (Wildman–Crippen LogP) is 3.87. The van der Waals surface area contributed by atoms with Gasteiger partial charge in [-0.25, -0.2) is 15.0 Å². The van der Waals surface area contributed by atoms with Crippen molar-refractivity contribution in [3.8, 4) is 0 Å². The molecule has 0 aromatic carbocycles. The maximum atomic E-state index is 6.21. The number of fused-ring (bicyclic) bond motifs is 1. The minimum atomic E-state index is 0.359. The Balaban J connectivity index is 1.13. The zero-order valence-corrected chi connectivity index (χ0v) is 20.5. The van der Waals surface area contributed by atoms with Crippen LogP contribution in [0.25, 0.3) is 10.9 Å². The Bertz CT molecular complexity index is 890. The van der Waals surface area contributed by atoms with Gasteiger partial charge in [-0.2, -0.15) is 0 Å². The molecule has 8 heteroatoms. The highest BCUT2D eigenvalue weighted by atomic mass is 16.5. The lowest BCUT2D eigenvalue weighted by atomic mass is 10.1. The lowest BCUT2D eigenvalue weighted by molar-refractivity contribution is 0.0144. The molecule has 1 aliphatic carbocycles. The number of hydrogen-bond acceptors (Lipinski definition) is 8. The highest BCUT2D eigenvalue weighted by Gasteiger charge is 2.22. The van der Waals surface area contributed by atoms with Gasteiger partial charge >= 0.3 is 0 Å². The zero-order chi connectivity index (χ0) is 23.0. The molecule has 0 atom stereocenters. The standard InChI is InChI=1S/C26H40N6O2/c1-2-4-7-21(6-3-1)30-26-23-18-25(27-19-24(23)28-20-29-26)32-11-8-22(9-12-32)34-15-5-10-31-13-16-33-17-14-31/h18-22H,1-17H2,(H,28,29,30). The van der Waals surface area contributed by atoms with E-state index in [9.17, 15) is 0 Å². The van der Waals surface area contributed by atoms with Crippen molar-refractivity contribution >= 4 is 22.5 Å². The zero-order valence-electron chi connectivity index (χ0n) is 20.5. The van der Waals surface area contributed by atoms with Gasteiger partial charge < -0.3 is 19.7 Å². The quantitative estimate of drug-likeness (QED) is 0.462. The van der Waals surface area contributed by atoms with E-state index in [1.807, 2.05) is 6.20 Å². The van der Waals surface area contributed by atoms with Crippen molar-refractivity contribution in [2.75, 3.05) is 62.8 Å². The van der Waals surface area contributed by atoms with E-state index in [0.717, 1.165) is 94.3 Å². The Labute approximate surface area is 203 Å². The number of nitrogens with zero attached hydrogens (tertiary/aromatic N) is 5. The van der Waals surface area contributed by atoms with E-state index < -0.39 is 0 Å². The summed E-state index contributed by atoms with van der Waals surface area (Å²) in [5.41, 5.74) is 0.911. The summed E-state index contributed by atoms with van der Waals surface area (Å²) in [7, 11) is 0. The fraction of sp³-hybridized carbons (Fsp3) is 0.731. The fourth-order valence-electron chi connectivity index (χ4n) is 5.47. The lowest BCUT2D eigenvalue weighted by Crippen LogP contribution is -2.38. The van der Waals surface area contributed by atoms with Gasteiger partial charge in [0.05, 0.1) is 31.0 Å². The van der Waals surface area contributed by atoms with E-state index in [2.05, 4.69) is 31.2 Å². The van der Waals surface area contributed by atoms with Crippen LogP contribution >= 0.6 is 0 Å². The fourth-order valence-corrected chi connectivity index (χ4v) is 5.47. The molecule has 0 unspecified atom stereocenters. The molecule has 2 saturated heterocycles. The molecule has 186 valence electrons. The van der Waals surface area contributed by atoms with Crippen molar-refractivity contribution in [1.82, 2.24) is 19.9 Å². The normalized spacial score (nSPS) is 21.6. The monoisotopic (exact) mass is 468 g/mol. The molecule has 2 aromatic rings. The van der Waals surface area contributed by atoms with Gasteiger partial charge in [0.1, 0.15) is 18.0 Å². The number of nitrogens with one attached hydrogen (secondary N) is 1. The molecular weight excluding hydrogens is 428 g/mol. The van der Waals surface area contributed by atoms with E-state index in [1.54, 1.807) is 6.33 Å². The van der Waals surface area contributed by atoms with Gasteiger partial charge in [0.15, 0.2) is 0 Å². The third kappa shape index (κ3) is 6.34. The van der Waals surface area contributed by atoms with E-state index in [4.69, 9.17) is 14.5 Å².